The summed E-state index contributed by atoms with van der Waals surface area (Å²) < 4.78 is 35.0. The molecule has 0 saturated carbocycles. The molecule has 0 radical (unpaired) electrons. The van der Waals surface area contributed by atoms with E-state index in [9.17, 15) is 4.79 Å². The third-order valence-electron chi connectivity index (χ3n) is 5.89. The van der Waals surface area contributed by atoms with Gasteiger partial charge in [0.05, 0.1) is 26.4 Å². The van der Waals surface area contributed by atoms with Gasteiger partial charge in [0.2, 0.25) is 5.78 Å². The molecule has 180 valence electrons. The Balaban J connectivity index is 1.41. The van der Waals surface area contributed by atoms with Crippen LogP contribution in [0.1, 0.15) is 32.6 Å². The van der Waals surface area contributed by atoms with Crippen molar-refractivity contribution in [1.82, 2.24) is 0 Å². The number of carbonyl (C=O) groups is 1. The maximum absolute atomic E-state index is 13.1. The summed E-state index contributed by atoms with van der Waals surface area (Å²) in [6.45, 7) is 2.86. The molecule has 3 aromatic rings. The van der Waals surface area contributed by atoms with E-state index < -0.39 is 0 Å². The highest BCUT2D eigenvalue weighted by atomic mass is 79.9. The predicted octanol–water partition coefficient (Wildman–Crippen LogP) is 5.84. The zero-order valence-corrected chi connectivity index (χ0v) is 21.1. The van der Waals surface area contributed by atoms with Crippen LogP contribution in [0.3, 0.4) is 0 Å². The Kier molecular flexibility index (Phi) is 6.40. The van der Waals surface area contributed by atoms with Gasteiger partial charge in [0.25, 0.3) is 0 Å². The zero-order chi connectivity index (χ0) is 24.5. The monoisotopic (exact) mass is 538 g/mol. The Hall–Kier alpha value is -3.49. The summed E-state index contributed by atoms with van der Waals surface area (Å²) in [6, 6.07) is 12.9. The third kappa shape index (κ3) is 4.35. The summed E-state index contributed by atoms with van der Waals surface area (Å²) in [6.07, 6.45) is 1.66. The first-order valence-electron chi connectivity index (χ1n) is 10.9. The number of allylic oxidation sites excluding steroid dienone is 1. The van der Waals surface area contributed by atoms with Crippen LogP contribution >= 0.6 is 15.9 Å². The molecule has 0 aromatic heterocycles. The standard InChI is InChI=1S/C27H23BrO7/c1-15-21(33-13-18-10-19(28)9-17-12-32-14-34-26(17)18)8-7-20-24(29)23(35-25(15)20)11-16-5-4-6-22(30-2)27(16)31-3/h4-11H,12-14H2,1-3H3/b23-11-. The van der Waals surface area contributed by atoms with Crippen molar-refractivity contribution in [2.24, 2.45) is 0 Å². The van der Waals surface area contributed by atoms with E-state index in [2.05, 4.69) is 15.9 Å². The topological polar surface area (TPSA) is 72.5 Å². The highest BCUT2D eigenvalue weighted by molar-refractivity contribution is 9.10. The van der Waals surface area contributed by atoms with E-state index in [1.165, 1.54) is 0 Å². The molecular formula is C27H23BrO7. The summed E-state index contributed by atoms with van der Waals surface area (Å²) in [5.41, 5.74) is 3.78. The Labute approximate surface area is 211 Å². The second-order valence-electron chi connectivity index (χ2n) is 8.04. The lowest BCUT2D eigenvalue weighted by Gasteiger charge is -2.21. The van der Waals surface area contributed by atoms with E-state index in [-0.39, 0.29) is 18.3 Å². The first-order chi connectivity index (χ1) is 17.0. The number of hydrogen-bond acceptors (Lipinski definition) is 7. The van der Waals surface area contributed by atoms with E-state index in [1.54, 1.807) is 38.5 Å². The lowest BCUT2D eigenvalue weighted by Crippen LogP contribution is -2.14. The molecule has 2 aliphatic heterocycles. The molecule has 35 heavy (non-hydrogen) atoms. The molecular weight excluding hydrogens is 516 g/mol. The fourth-order valence-corrected chi connectivity index (χ4v) is 4.76. The molecule has 0 fully saturated rings. The maximum Gasteiger partial charge on any atom is 0.231 e. The molecule has 0 bridgehead atoms. The first-order valence-corrected chi connectivity index (χ1v) is 11.7. The molecule has 8 heteroatoms. The van der Waals surface area contributed by atoms with Gasteiger partial charge >= 0.3 is 0 Å². The lowest BCUT2D eigenvalue weighted by atomic mass is 10.1. The molecule has 2 heterocycles. The van der Waals surface area contributed by atoms with Crippen molar-refractivity contribution in [2.45, 2.75) is 20.1 Å². The van der Waals surface area contributed by atoms with Gasteiger partial charge in [-0.1, -0.05) is 28.1 Å². The number of hydrogen-bond donors (Lipinski definition) is 0. The highest BCUT2D eigenvalue weighted by Gasteiger charge is 2.31. The number of fused-ring (bicyclic) bond motifs is 2. The van der Waals surface area contributed by atoms with Crippen molar-refractivity contribution in [1.29, 1.82) is 0 Å². The first kappa shape index (κ1) is 23.3. The molecule has 0 saturated heterocycles. The van der Waals surface area contributed by atoms with Gasteiger partial charge in [-0.2, -0.15) is 0 Å². The minimum atomic E-state index is -0.200. The maximum atomic E-state index is 13.1. The average molecular weight is 539 g/mol. The van der Waals surface area contributed by atoms with Crippen LogP contribution in [0.4, 0.5) is 0 Å². The van der Waals surface area contributed by atoms with Crippen LogP contribution in [0.5, 0.6) is 28.7 Å². The van der Waals surface area contributed by atoms with Gasteiger partial charge in [0.1, 0.15) is 23.9 Å². The van der Waals surface area contributed by atoms with Crippen LogP contribution in [0, 0.1) is 6.92 Å². The minimum absolute atomic E-state index is 0.200. The molecule has 3 aromatic carbocycles. The number of rotatable bonds is 6. The quantitative estimate of drug-likeness (QED) is 0.365. The Bertz CT molecular complexity index is 1350. The van der Waals surface area contributed by atoms with Gasteiger partial charge in [-0.15, -0.1) is 0 Å². The molecule has 0 amide bonds. The van der Waals surface area contributed by atoms with Crippen LogP contribution in [-0.2, 0) is 18.0 Å². The normalized spacial score (nSPS) is 15.2. The molecule has 0 aliphatic carbocycles. The van der Waals surface area contributed by atoms with Gasteiger partial charge in [-0.05, 0) is 43.3 Å². The second kappa shape index (κ2) is 9.64. The predicted molar refractivity (Wildman–Crippen MR) is 132 cm³/mol. The largest absolute Gasteiger partial charge is 0.493 e. The van der Waals surface area contributed by atoms with Crippen molar-refractivity contribution in [3.63, 3.8) is 0 Å². The van der Waals surface area contributed by atoms with E-state index in [4.69, 9.17) is 28.4 Å². The number of benzene rings is 3. The molecule has 0 unspecified atom stereocenters. The molecule has 0 spiro atoms. The number of ether oxygens (including phenoxy) is 6. The summed E-state index contributed by atoms with van der Waals surface area (Å²) in [4.78, 5) is 13.1. The van der Waals surface area contributed by atoms with Gasteiger partial charge in [0, 0.05) is 26.7 Å². The van der Waals surface area contributed by atoms with Crippen molar-refractivity contribution in [3.8, 4) is 28.7 Å². The van der Waals surface area contributed by atoms with Crippen molar-refractivity contribution < 1.29 is 33.2 Å². The number of para-hydroxylation sites is 1. The number of ketones is 1. The van der Waals surface area contributed by atoms with Crippen LogP contribution in [0.2, 0.25) is 0 Å². The lowest BCUT2D eigenvalue weighted by molar-refractivity contribution is -0.0176. The second-order valence-corrected chi connectivity index (χ2v) is 8.96. The van der Waals surface area contributed by atoms with E-state index in [0.29, 0.717) is 47.3 Å². The van der Waals surface area contributed by atoms with Gasteiger partial charge in [0.15, 0.2) is 24.1 Å². The smallest absolute Gasteiger partial charge is 0.231 e. The fraction of sp³-hybridized carbons (Fsp3) is 0.222. The summed E-state index contributed by atoms with van der Waals surface area (Å²) in [5, 5.41) is 0. The molecule has 2 aliphatic rings. The zero-order valence-electron chi connectivity index (χ0n) is 19.5. The van der Waals surface area contributed by atoms with Crippen LogP contribution in [-0.4, -0.2) is 26.8 Å². The summed E-state index contributed by atoms with van der Waals surface area (Å²) >= 11 is 3.53. The van der Waals surface area contributed by atoms with Crippen molar-refractivity contribution >= 4 is 27.8 Å². The Morgan fingerprint density at radius 1 is 1.06 bits per heavy atom. The van der Waals surface area contributed by atoms with Gasteiger partial charge < -0.3 is 28.4 Å². The Morgan fingerprint density at radius 2 is 1.91 bits per heavy atom. The average Bonchev–Trinajstić information content (AvgIpc) is 3.19. The molecule has 5 rings (SSSR count). The summed E-state index contributed by atoms with van der Waals surface area (Å²) in [7, 11) is 3.12. The van der Waals surface area contributed by atoms with Gasteiger partial charge in [-0.3, -0.25) is 4.79 Å². The van der Waals surface area contributed by atoms with E-state index in [0.717, 1.165) is 26.9 Å². The molecule has 0 atom stereocenters. The van der Waals surface area contributed by atoms with E-state index >= 15 is 0 Å². The van der Waals surface area contributed by atoms with Crippen molar-refractivity contribution in [3.05, 3.63) is 80.5 Å². The molecule has 7 nitrogen and oxygen atoms in total. The number of methoxy groups -OCH3 is 2. The van der Waals surface area contributed by atoms with Crippen molar-refractivity contribution in [2.75, 3.05) is 21.0 Å². The molecule has 0 N–H and O–H groups in total. The van der Waals surface area contributed by atoms with E-state index in [1.807, 2.05) is 31.2 Å². The number of Topliss-reactive ketones (excluding diaryl/α,β-unsaturated/α-hetero) is 1. The third-order valence-corrected chi connectivity index (χ3v) is 6.35. The minimum Gasteiger partial charge on any atom is -0.493 e. The van der Waals surface area contributed by atoms with Crippen LogP contribution in [0.15, 0.2) is 52.7 Å². The Morgan fingerprint density at radius 3 is 2.71 bits per heavy atom. The number of carbonyl (C=O) groups excluding carboxylic acids is 1. The highest BCUT2D eigenvalue weighted by Crippen LogP contribution is 2.41. The van der Waals surface area contributed by atoms with Gasteiger partial charge in [-0.25, -0.2) is 0 Å². The van der Waals surface area contributed by atoms with Crippen LogP contribution in [0.25, 0.3) is 6.08 Å². The van der Waals surface area contributed by atoms with Crippen LogP contribution < -0.4 is 23.7 Å². The fourth-order valence-electron chi connectivity index (χ4n) is 4.21. The number of halogens is 1. The SMILES string of the molecule is COc1cccc(/C=C2\Oc3c(ccc(OCc4cc(Br)cc5c4OCOC5)c3C)C2=O)c1OC. The summed E-state index contributed by atoms with van der Waals surface area (Å²) in [5.74, 6) is 3.00.